The Balaban J connectivity index is 1.60. The van der Waals surface area contributed by atoms with Crippen molar-refractivity contribution in [2.24, 2.45) is 0 Å². The molecule has 1 aromatic carbocycles. The van der Waals surface area contributed by atoms with Gasteiger partial charge in [0.05, 0.1) is 22.9 Å². The van der Waals surface area contributed by atoms with Crippen LogP contribution in [0.5, 0.6) is 0 Å². The highest BCUT2D eigenvalue weighted by Gasteiger charge is 2.28. The van der Waals surface area contributed by atoms with Crippen molar-refractivity contribution in [2.45, 2.75) is 24.5 Å². The Morgan fingerprint density at radius 2 is 2.29 bits per heavy atom. The van der Waals surface area contributed by atoms with Gasteiger partial charge in [0.15, 0.2) is 9.84 Å². The van der Waals surface area contributed by atoms with Crippen molar-refractivity contribution < 1.29 is 13.2 Å². The molecular weight excluding hydrogens is 350 g/mol. The van der Waals surface area contributed by atoms with Crippen molar-refractivity contribution in [3.05, 3.63) is 29.8 Å². The van der Waals surface area contributed by atoms with Crippen LogP contribution in [0.15, 0.2) is 29.4 Å². The van der Waals surface area contributed by atoms with E-state index in [9.17, 15) is 13.2 Å². The van der Waals surface area contributed by atoms with E-state index in [-0.39, 0.29) is 29.2 Å². The van der Waals surface area contributed by atoms with E-state index < -0.39 is 9.84 Å². The van der Waals surface area contributed by atoms with Crippen LogP contribution in [0.3, 0.4) is 0 Å². The fourth-order valence-corrected chi connectivity index (χ4v) is 4.87. The fourth-order valence-electron chi connectivity index (χ4n) is 2.50. The van der Waals surface area contributed by atoms with Crippen molar-refractivity contribution in [1.29, 1.82) is 0 Å². The maximum absolute atomic E-state index is 12.0. The van der Waals surface area contributed by atoms with E-state index in [2.05, 4.69) is 20.8 Å². The number of rotatable bonds is 5. The molecule has 0 spiro atoms. The Labute approximate surface area is 143 Å². The Morgan fingerprint density at radius 3 is 3.00 bits per heavy atom. The second kappa shape index (κ2) is 6.89. The first-order chi connectivity index (χ1) is 11.4. The number of benzene rings is 1. The van der Waals surface area contributed by atoms with Gasteiger partial charge in [-0.3, -0.25) is 4.79 Å². The number of carbonyl (C=O) groups is 1. The molecule has 8 nitrogen and oxygen atoms in total. The van der Waals surface area contributed by atoms with E-state index in [1.165, 1.54) is 11.8 Å². The quantitative estimate of drug-likeness (QED) is 0.761. The van der Waals surface area contributed by atoms with Gasteiger partial charge in [-0.05, 0) is 41.5 Å². The lowest BCUT2D eigenvalue weighted by atomic mass is 10.2. The number of hydrogen-bond acceptors (Lipinski definition) is 7. The van der Waals surface area contributed by atoms with Crippen LogP contribution in [0.2, 0.25) is 0 Å². The fraction of sp³-hybridized carbons (Fsp3) is 0.429. The Morgan fingerprint density at radius 1 is 1.46 bits per heavy atom. The highest BCUT2D eigenvalue weighted by Crippen LogP contribution is 2.19. The van der Waals surface area contributed by atoms with Crippen molar-refractivity contribution in [3.8, 4) is 5.69 Å². The number of thioether (sulfide) groups is 1. The molecule has 10 heteroatoms. The zero-order valence-electron chi connectivity index (χ0n) is 13.0. The smallest absolute Gasteiger partial charge is 0.230 e. The summed E-state index contributed by atoms with van der Waals surface area (Å²) < 4.78 is 24.4. The Bertz CT molecular complexity index is 850. The number of carbonyl (C=O) groups excluding carboxylic acids is 1. The van der Waals surface area contributed by atoms with Crippen LogP contribution in [0.4, 0.5) is 0 Å². The van der Waals surface area contributed by atoms with Gasteiger partial charge >= 0.3 is 0 Å². The topological polar surface area (TPSA) is 107 Å². The average molecular weight is 367 g/mol. The van der Waals surface area contributed by atoms with Gasteiger partial charge in [-0.15, -0.1) is 5.10 Å². The molecule has 1 aromatic heterocycles. The summed E-state index contributed by atoms with van der Waals surface area (Å²) in [5.41, 5.74) is 1.91. The molecule has 1 aliphatic heterocycles. The maximum atomic E-state index is 12.0. The maximum Gasteiger partial charge on any atom is 0.230 e. The first-order valence-electron chi connectivity index (χ1n) is 7.41. The van der Waals surface area contributed by atoms with Crippen LogP contribution in [0.25, 0.3) is 5.69 Å². The van der Waals surface area contributed by atoms with Gasteiger partial charge in [-0.2, -0.15) is 4.68 Å². The summed E-state index contributed by atoms with van der Waals surface area (Å²) in [4.78, 5) is 12.0. The third-order valence-electron chi connectivity index (χ3n) is 3.62. The van der Waals surface area contributed by atoms with Crippen LogP contribution < -0.4 is 5.32 Å². The van der Waals surface area contributed by atoms with Gasteiger partial charge in [0.2, 0.25) is 11.1 Å². The molecule has 1 N–H and O–H groups in total. The predicted molar refractivity (Wildman–Crippen MR) is 89.8 cm³/mol. The lowest BCUT2D eigenvalue weighted by Gasteiger charge is -2.10. The molecule has 128 valence electrons. The number of amides is 1. The Kier molecular flexibility index (Phi) is 4.86. The third kappa shape index (κ3) is 4.12. The summed E-state index contributed by atoms with van der Waals surface area (Å²) in [6.07, 6.45) is 0.472. The number of sulfone groups is 1. The van der Waals surface area contributed by atoms with E-state index in [1.807, 2.05) is 31.2 Å². The van der Waals surface area contributed by atoms with Gasteiger partial charge in [-0.1, -0.05) is 23.9 Å². The Hall–Kier alpha value is -1.94. The minimum atomic E-state index is -3.00. The van der Waals surface area contributed by atoms with E-state index >= 15 is 0 Å². The molecular formula is C14H17N5O3S2. The molecule has 0 unspecified atom stereocenters. The van der Waals surface area contributed by atoms with Crippen LogP contribution >= 0.6 is 11.8 Å². The largest absolute Gasteiger partial charge is 0.352 e. The summed E-state index contributed by atoms with van der Waals surface area (Å²) in [5, 5.41) is 14.8. The van der Waals surface area contributed by atoms with Crippen molar-refractivity contribution >= 4 is 27.5 Å². The summed E-state index contributed by atoms with van der Waals surface area (Å²) in [7, 11) is -3.00. The zero-order chi connectivity index (χ0) is 17.2. The molecule has 1 aliphatic rings. The lowest BCUT2D eigenvalue weighted by Crippen LogP contribution is -2.36. The second-order valence-corrected chi connectivity index (χ2v) is 8.84. The van der Waals surface area contributed by atoms with E-state index in [1.54, 1.807) is 4.68 Å². The van der Waals surface area contributed by atoms with Crippen molar-refractivity contribution in [3.63, 3.8) is 0 Å². The molecule has 1 saturated heterocycles. The second-order valence-electron chi connectivity index (χ2n) is 5.67. The molecule has 1 amide bonds. The van der Waals surface area contributed by atoms with Crippen molar-refractivity contribution in [2.75, 3.05) is 17.3 Å². The number of nitrogens with one attached hydrogen (secondary N) is 1. The molecule has 3 rings (SSSR count). The summed E-state index contributed by atoms with van der Waals surface area (Å²) in [6.45, 7) is 1.98. The van der Waals surface area contributed by atoms with Crippen molar-refractivity contribution in [1.82, 2.24) is 25.5 Å². The van der Waals surface area contributed by atoms with Gasteiger partial charge < -0.3 is 5.32 Å². The van der Waals surface area contributed by atoms with Gasteiger partial charge in [0, 0.05) is 6.04 Å². The molecule has 1 fully saturated rings. The van der Waals surface area contributed by atoms with Gasteiger partial charge in [0.1, 0.15) is 0 Å². The minimum absolute atomic E-state index is 0.0183. The molecule has 0 radical (unpaired) electrons. The highest BCUT2D eigenvalue weighted by atomic mass is 32.2. The summed E-state index contributed by atoms with van der Waals surface area (Å²) in [6, 6.07) is 7.43. The van der Waals surface area contributed by atoms with Gasteiger partial charge in [-0.25, -0.2) is 8.42 Å². The molecule has 0 bridgehead atoms. The van der Waals surface area contributed by atoms with Crippen LogP contribution in [0.1, 0.15) is 12.0 Å². The minimum Gasteiger partial charge on any atom is -0.352 e. The van der Waals surface area contributed by atoms with E-state index in [0.29, 0.717) is 11.6 Å². The predicted octanol–water partition coefficient (Wildman–Crippen LogP) is 0.366. The number of aromatic nitrogens is 4. The average Bonchev–Trinajstić information content (AvgIpc) is 3.11. The normalized spacial score (nSPS) is 19.3. The lowest BCUT2D eigenvalue weighted by molar-refractivity contribution is -0.119. The van der Waals surface area contributed by atoms with Gasteiger partial charge in [0.25, 0.3) is 0 Å². The van der Waals surface area contributed by atoms with E-state index in [0.717, 1.165) is 11.3 Å². The molecule has 2 heterocycles. The first-order valence-corrected chi connectivity index (χ1v) is 10.2. The standard InChI is InChI=1S/C14H17N5O3S2/c1-10-3-2-4-12(7-10)19-14(16-17-18-19)23-8-13(20)15-11-5-6-24(21,22)9-11/h2-4,7,11H,5-6,8-9H2,1H3,(H,15,20)/t11-/m0/s1. The summed E-state index contributed by atoms with van der Waals surface area (Å²) >= 11 is 1.21. The first kappa shape index (κ1) is 16.9. The molecule has 0 aliphatic carbocycles. The molecule has 2 aromatic rings. The van der Waals surface area contributed by atoms with E-state index in [4.69, 9.17) is 0 Å². The van der Waals surface area contributed by atoms with Crippen LogP contribution in [0, 0.1) is 6.92 Å². The van der Waals surface area contributed by atoms with Crippen LogP contribution in [-0.4, -0.2) is 57.8 Å². The SMILES string of the molecule is Cc1cccc(-n2nnnc2SCC(=O)N[C@H]2CCS(=O)(=O)C2)c1. The highest BCUT2D eigenvalue weighted by molar-refractivity contribution is 7.99. The number of aryl methyl sites for hydroxylation is 1. The van der Waals surface area contributed by atoms with Crippen LogP contribution in [-0.2, 0) is 14.6 Å². The summed E-state index contributed by atoms with van der Waals surface area (Å²) in [5.74, 6) is 0.0602. The third-order valence-corrected chi connectivity index (χ3v) is 6.30. The number of hydrogen-bond donors (Lipinski definition) is 1. The number of tetrazole rings is 1. The zero-order valence-corrected chi connectivity index (χ0v) is 14.7. The monoisotopic (exact) mass is 367 g/mol. The molecule has 24 heavy (non-hydrogen) atoms. The molecule has 1 atom stereocenters. The number of nitrogens with zero attached hydrogens (tertiary/aromatic N) is 4. The molecule has 0 saturated carbocycles.